The highest BCUT2D eigenvalue weighted by Crippen LogP contribution is 1.96. The molecule has 0 aromatic carbocycles. The van der Waals surface area contributed by atoms with Gasteiger partial charge in [0.05, 0.1) is 13.0 Å². The molecule has 0 aliphatic carbocycles. The quantitative estimate of drug-likeness (QED) is 0.227. The number of aldehydes is 1. The van der Waals surface area contributed by atoms with E-state index in [0.717, 1.165) is 0 Å². The van der Waals surface area contributed by atoms with Crippen molar-refractivity contribution in [2.75, 3.05) is 6.61 Å². The molecule has 0 saturated carbocycles. The average molecular weight is 283 g/mol. The first-order chi connectivity index (χ1) is 8.67. The molecule has 112 valence electrons. The topological polar surface area (TPSA) is 199 Å². The number of rotatable bonds is 7. The van der Waals surface area contributed by atoms with E-state index in [1.807, 2.05) is 0 Å². The molecule has 0 heterocycles. The summed E-state index contributed by atoms with van der Waals surface area (Å²) in [5.74, 6) is -2.50. The lowest BCUT2D eigenvalue weighted by Crippen LogP contribution is -2.40. The minimum atomic E-state index is -1.64. The maximum Gasteiger partial charge on any atom is 0.321 e. The zero-order chi connectivity index (χ0) is 15.6. The van der Waals surface area contributed by atoms with Crippen LogP contribution in [-0.4, -0.2) is 79.8 Å². The molecule has 0 fully saturated rings. The van der Waals surface area contributed by atoms with Crippen molar-refractivity contribution in [3.63, 3.8) is 0 Å². The summed E-state index contributed by atoms with van der Waals surface area (Å²) >= 11 is 0. The van der Waals surface area contributed by atoms with Crippen molar-refractivity contribution in [1.82, 2.24) is 0 Å². The Balaban J connectivity index is 0. The zero-order valence-corrected chi connectivity index (χ0v) is 9.79. The molecule has 0 rings (SSSR count). The smallest absolute Gasteiger partial charge is 0.321 e. The van der Waals surface area contributed by atoms with Crippen molar-refractivity contribution in [2.45, 2.75) is 30.8 Å². The Kier molecular flexibility index (Phi) is 10.7. The molecule has 0 bridgehead atoms. The van der Waals surface area contributed by atoms with Crippen molar-refractivity contribution in [1.29, 1.82) is 0 Å². The fourth-order valence-electron chi connectivity index (χ4n) is 0.692. The number of aliphatic hydroxyl groups excluding tert-OH is 4. The first-order valence-electron chi connectivity index (χ1n) is 4.97. The van der Waals surface area contributed by atoms with E-state index in [1.54, 1.807) is 0 Å². The van der Waals surface area contributed by atoms with Gasteiger partial charge in [-0.1, -0.05) is 0 Å². The van der Waals surface area contributed by atoms with Crippen LogP contribution in [0.25, 0.3) is 0 Å². The molecule has 0 amide bonds. The van der Waals surface area contributed by atoms with E-state index in [0.29, 0.717) is 0 Å². The van der Waals surface area contributed by atoms with E-state index >= 15 is 0 Å². The minimum absolute atomic E-state index is 0.0869. The summed E-state index contributed by atoms with van der Waals surface area (Å²) in [5.41, 5.74) is 4.84. The van der Waals surface area contributed by atoms with Gasteiger partial charge in [-0.25, -0.2) is 0 Å². The van der Waals surface area contributed by atoms with Gasteiger partial charge in [0.15, 0.2) is 6.29 Å². The molecule has 0 aromatic rings. The predicted molar refractivity (Wildman–Crippen MR) is 59.0 cm³/mol. The molecule has 0 spiro atoms. The SMILES string of the molecule is N[C@H](CC(=O)O)C(=O)O.O=C[C@H](O)[C@@H](O)[C@H](O)CO. The van der Waals surface area contributed by atoms with Crippen LogP contribution < -0.4 is 5.73 Å². The summed E-state index contributed by atoms with van der Waals surface area (Å²) in [6.45, 7) is -0.688. The monoisotopic (exact) mass is 283 g/mol. The van der Waals surface area contributed by atoms with Crippen LogP contribution in [0, 0.1) is 0 Å². The Morgan fingerprint density at radius 1 is 1.16 bits per heavy atom. The van der Waals surface area contributed by atoms with Crippen LogP contribution in [0.5, 0.6) is 0 Å². The second kappa shape index (κ2) is 10.3. The van der Waals surface area contributed by atoms with Gasteiger partial charge in [-0.2, -0.15) is 0 Å². The van der Waals surface area contributed by atoms with Crippen LogP contribution >= 0.6 is 0 Å². The maximum absolute atomic E-state index is 9.85. The number of aliphatic carboxylic acids is 2. The fraction of sp³-hybridized carbons (Fsp3) is 0.667. The van der Waals surface area contributed by atoms with E-state index in [4.69, 9.17) is 36.4 Å². The van der Waals surface area contributed by atoms with Crippen LogP contribution in [0.1, 0.15) is 6.42 Å². The van der Waals surface area contributed by atoms with Crippen molar-refractivity contribution >= 4 is 18.2 Å². The number of hydrogen-bond acceptors (Lipinski definition) is 8. The van der Waals surface area contributed by atoms with Gasteiger partial charge >= 0.3 is 11.9 Å². The lowest BCUT2D eigenvalue weighted by atomic mass is 10.1. The summed E-state index contributed by atoms with van der Waals surface area (Å²) in [4.78, 5) is 29.4. The number of carboxylic acid groups (broad SMARTS) is 2. The van der Waals surface area contributed by atoms with Crippen LogP contribution in [0.3, 0.4) is 0 Å². The highest BCUT2D eigenvalue weighted by molar-refractivity contribution is 5.80. The Hall–Kier alpha value is -1.59. The van der Waals surface area contributed by atoms with Crippen molar-refractivity contribution in [3.8, 4) is 0 Å². The minimum Gasteiger partial charge on any atom is -0.481 e. The third-order valence-corrected chi connectivity index (χ3v) is 1.78. The van der Waals surface area contributed by atoms with E-state index in [1.165, 1.54) is 0 Å². The van der Waals surface area contributed by atoms with Crippen molar-refractivity contribution in [3.05, 3.63) is 0 Å². The Bertz CT molecular complexity index is 295. The third kappa shape index (κ3) is 10.1. The molecule has 4 atom stereocenters. The molecular weight excluding hydrogens is 266 g/mol. The molecular formula is C9H17NO9. The van der Waals surface area contributed by atoms with Crippen molar-refractivity contribution < 1.29 is 45.0 Å². The molecule has 19 heavy (non-hydrogen) atoms. The first kappa shape index (κ1) is 19.7. The molecule has 10 heteroatoms. The average Bonchev–Trinajstić information content (AvgIpc) is 2.35. The van der Waals surface area contributed by atoms with E-state index in [-0.39, 0.29) is 6.29 Å². The highest BCUT2D eigenvalue weighted by Gasteiger charge is 2.22. The third-order valence-electron chi connectivity index (χ3n) is 1.78. The lowest BCUT2D eigenvalue weighted by molar-refractivity contribution is -0.144. The summed E-state index contributed by atoms with van der Waals surface area (Å²) in [6, 6.07) is -1.29. The van der Waals surface area contributed by atoms with Gasteiger partial charge in [-0.15, -0.1) is 0 Å². The Labute approximate surface area is 107 Å². The normalized spacial score (nSPS) is 16.3. The zero-order valence-electron chi connectivity index (χ0n) is 9.79. The van der Waals surface area contributed by atoms with Crippen molar-refractivity contribution in [2.24, 2.45) is 5.73 Å². The van der Waals surface area contributed by atoms with E-state index in [2.05, 4.69) is 0 Å². The number of carbonyl (C=O) groups is 3. The van der Waals surface area contributed by atoms with Gasteiger partial charge in [0.25, 0.3) is 0 Å². The number of hydrogen-bond donors (Lipinski definition) is 7. The molecule has 0 aliphatic heterocycles. The largest absolute Gasteiger partial charge is 0.481 e. The molecule has 8 N–H and O–H groups in total. The number of aliphatic hydroxyl groups is 4. The number of carbonyl (C=O) groups excluding carboxylic acids is 1. The molecule has 10 nitrogen and oxygen atoms in total. The molecule has 0 aromatic heterocycles. The predicted octanol–water partition coefficient (Wildman–Crippen LogP) is -3.87. The van der Waals surface area contributed by atoms with Gasteiger partial charge < -0.3 is 41.2 Å². The van der Waals surface area contributed by atoms with Crippen LogP contribution in [0.4, 0.5) is 0 Å². The van der Waals surface area contributed by atoms with E-state index < -0.39 is 49.3 Å². The maximum atomic E-state index is 9.85. The lowest BCUT2D eigenvalue weighted by Gasteiger charge is -2.16. The second-order valence-electron chi connectivity index (χ2n) is 3.41. The Morgan fingerprint density at radius 2 is 1.63 bits per heavy atom. The van der Waals surface area contributed by atoms with Crippen LogP contribution in [0.15, 0.2) is 0 Å². The second-order valence-corrected chi connectivity index (χ2v) is 3.41. The summed E-state index contributed by atoms with van der Waals surface area (Å²) in [5, 5.41) is 50.1. The van der Waals surface area contributed by atoms with Crippen LogP contribution in [-0.2, 0) is 14.4 Å². The van der Waals surface area contributed by atoms with Crippen LogP contribution in [0.2, 0.25) is 0 Å². The summed E-state index contributed by atoms with van der Waals surface area (Å²) in [6.07, 6.45) is -5.16. The molecule has 0 radical (unpaired) electrons. The van der Waals surface area contributed by atoms with Gasteiger partial charge in [-0.3, -0.25) is 9.59 Å². The highest BCUT2D eigenvalue weighted by atomic mass is 16.4. The first-order valence-corrected chi connectivity index (χ1v) is 4.97. The number of carboxylic acids is 2. The van der Waals surface area contributed by atoms with Gasteiger partial charge in [0.2, 0.25) is 0 Å². The summed E-state index contributed by atoms with van der Waals surface area (Å²) in [7, 11) is 0. The van der Waals surface area contributed by atoms with E-state index in [9.17, 15) is 14.4 Å². The standard InChI is InChI=1S/C5H10O5.C4H7NO4/c6-1-3(8)5(10)4(9)2-7;5-2(4(8)9)1-3(6)7/h1,3-5,7-10H,2H2;2H,1,5H2,(H,6,7)(H,8,9)/t3-,4+,5+;2-/m01/s1. The van der Waals surface area contributed by atoms with Gasteiger partial charge in [0.1, 0.15) is 24.4 Å². The number of nitrogens with two attached hydrogens (primary N) is 1. The van der Waals surface area contributed by atoms with Gasteiger partial charge in [0, 0.05) is 0 Å². The fourth-order valence-corrected chi connectivity index (χ4v) is 0.692. The molecule has 0 unspecified atom stereocenters. The Morgan fingerprint density at radius 3 is 1.84 bits per heavy atom. The summed E-state index contributed by atoms with van der Waals surface area (Å²) < 4.78 is 0. The molecule has 0 aliphatic rings. The molecule has 0 saturated heterocycles. The van der Waals surface area contributed by atoms with Gasteiger partial charge in [-0.05, 0) is 0 Å².